The Kier molecular flexibility index (Phi) is 4.39. The van der Waals surface area contributed by atoms with Gasteiger partial charge in [-0.25, -0.2) is 5.43 Å². The van der Waals surface area contributed by atoms with Crippen LogP contribution in [0.5, 0.6) is 0 Å². The summed E-state index contributed by atoms with van der Waals surface area (Å²) in [4.78, 5) is 0. The third-order valence-electron chi connectivity index (χ3n) is 2.57. The van der Waals surface area contributed by atoms with Crippen LogP contribution in [0.25, 0.3) is 11.1 Å². The average Bonchev–Trinajstić information content (AvgIpc) is 2.38. The maximum absolute atomic E-state index is 3.55. The van der Waals surface area contributed by atoms with Gasteiger partial charge in [0.1, 0.15) is 0 Å². The van der Waals surface area contributed by atoms with Crippen molar-refractivity contribution in [1.82, 2.24) is 5.43 Å². The molecule has 0 saturated heterocycles. The predicted octanol–water partition coefficient (Wildman–Crippen LogP) is 4.44. The van der Waals surface area contributed by atoms with Gasteiger partial charge in [-0.3, -0.25) is 0 Å². The number of anilines is 1. The van der Waals surface area contributed by atoms with Crippen molar-refractivity contribution < 1.29 is 0 Å². The average molecular weight is 305 g/mol. The highest BCUT2D eigenvalue weighted by molar-refractivity contribution is 9.10. The zero-order valence-corrected chi connectivity index (χ0v) is 12.2. The molecule has 0 aromatic heterocycles. The highest BCUT2D eigenvalue weighted by Gasteiger charge is 2.03. The Morgan fingerprint density at radius 3 is 2.33 bits per heavy atom. The second kappa shape index (κ2) is 6.03. The highest BCUT2D eigenvalue weighted by atomic mass is 79.9. The molecular weight excluding hydrogens is 288 g/mol. The molecule has 0 fully saturated rings. The van der Waals surface area contributed by atoms with Crippen molar-refractivity contribution in [2.75, 3.05) is 5.43 Å². The van der Waals surface area contributed by atoms with Crippen LogP contribution in [-0.2, 0) is 0 Å². The van der Waals surface area contributed by atoms with E-state index < -0.39 is 0 Å². The fourth-order valence-corrected chi connectivity index (χ4v) is 2.00. The van der Waals surface area contributed by atoms with Gasteiger partial charge in [-0.2, -0.15) is 0 Å². The fourth-order valence-electron chi connectivity index (χ4n) is 1.65. The van der Waals surface area contributed by atoms with Crippen molar-refractivity contribution in [2.45, 2.75) is 19.9 Å². The molecule has 0 bridgehead atoms. The maximum atomic E-state index is 3.55. The minimum absolute atomic E-state index is 0.386. The zero-order chi connectivity index (χ0) is 13.0. The molecule has 18 heavy (non-hydrogen) atoms. The molecule has 2 nitrogen and oxygen atoms in total. The Labute approximate surface area is 117 Å². The van der Waals surface area contributed by atoms with Crippen LogP contribution in [0.1, 0.15) is 13.8 Å². The Bertz CT molecular complexity index is 509. The molecular formula is C15H17BrN2. The van der Waals surface area contributed by atoms with Crippen molar-refractivity contribution in [3.63, 3.8) is 0 Å². The molecule has 0 aliphatic rings. The van der Waals surface area contributed by atoms with E-state index in [1.54, 1.807) is 0 Å². The van der Waals surface area contributed by atoms with E-state index in [4.69, 9.17) is 0 Å². The summed E-state index contributed by atoms with van der Waals surface area (Å²) >= 11 is 3.55. The summed E-state index contributed by atoms with van der Waals surface area (Å²) in [6, 6.07) is 17.1. The molecule has 0 amide bonds. The summed E-state index contributed by atoms with van der Waals surface area (Å²) in [5, 5.41) is 0. The fraction of sp³-hybridized carbons (Fsp3) is 0.200. The van der Waals surface area contributed by atoms with Crippen LogP contribution in [-0.4, -0.2) is 6.04 Å². The van der Waals surface area contributed by atoms with Gasteiger partial charge in [-0.05, 0) is 53.0 Å². The Balaban J connectivity index is 2.26. The SMILES string of the molecule is CC(C)NNc1cc(-c2ccccc2)ccc1Br. The van der Waals surface area contributed by atoms with Gasteiger partial charge >= 0.3 is 0 Å². The Morgan fingerprint density at radius 2 is 1.67 bits per heavy atom. The molecule has 2 N–H and O–H groups in total. The molecule has 0 heterocycles. The van der Waals surface area contributed by atoms with Gasteiger partial charge in [0.25, 0.3) is 0 Å². The molecule has 0 aliphatic heterocycles. The summed E-state index contributed by atoms with van der Waals surface area (Å²) in [6.45, 7) is 4.20. The molecule has 0 aliphatic carbocycles. The highest BCUT2D eigenvalue weighted by Crippen LogP contribution is 2.28. The predicted molar refractivity (Wildman–Crippen MR) is 81.5 cm³/mol. The number of rotatable bonds is 4. The lowest BCUT2D eigenvalue weighted by Gasteiger charge is -2.14. The van der Waals surface area contributed by atoms with Crippen LogP contribution in [0.15, 0.2) is 53.0 Å². The van der Waals surface area contributed by atoms with Gasteiger partial charge in [-0.15, -0.1) is 0 Å². The van der Waals surface area contributed by atoms with Crippen LogP contribution in [0.2, 0.25) is 0 Å². The molecule has 2 aromatic rings. The van der Waals surface area contributed by atoms with E-state index in [1.165, 1.54) is 11.1 Å². The third-order valence-corrected chi connectivity index (χ3v) is 3.26. The molecule has 0 atom stereocenters. The topological polar surface area (TPSA) is 24.1 Å². The smallest absolute Gasteiger partial charge is 0.0635 e. The lowest BCUT2D eigenvalue weighted by Crippen LogP contribution is -2.29. The molecule has 0 saturated carbocycles. The second-order valence-electron chi connectivity index (χ2n) is 4.48. The first-order valence-electron chi connectivity index (χ1n) is 6.03. The van der Waals surface area contributed by atoms with E-state index >= 15 is 0 Å². The summed E-state index contributed by atoms with van der Waals surface area (Å²) < 4.78 is 1.05. The minimum atomic E-state index is 0.386. The van der Waals surface area contributed by atoms with E-state index in [2.05, 4.69) is 83.1 Å². The van der Waals surface area contributed by atoms with Crippen LogP contribution >= 0.6 is 15.9 Å². The van der Waals surface area contributed by atoms with Crippen molar-refractivity contribution in [2.24, 2.45) is 0 Å². The van der Waals surface area contributed by atoms with Crippen molar-refractivity contribution in [1.29, 1.82) is 0 Å². The zero-order valence-electron chi connectivity index (χ0n) is 10.6. The van der Waals surface area contributed by atoms with E-state index in [1.807, 2.05) is 6.07 Å². The third kappa shape index (κ3) is 3.34. The molecule has 3 heteroatoms. The normalized spacial score (nSPS) is 10.7. The lowest BCUT2D eigenvalue weighted by molar-refractivity contribution is 0.659. The van der Waals surface area contributed by atoms with Crippen molar-refractivity contribution in [3.05, 3.63) is 53.0 Å². The van der Waals surface area contributed by atoms with Crippen molar-refractivity contribution in [3.8, 4) is 11.1 Å². The van der Waals surface area contributed by atoms with E-state index in [0.717, 1.165) is 10.2 Å². The van der Waals surface area contributed by atoms with Crippen LogP contribution < -0.4 is 10.9 Å². The molecule has 0 spiro atoms. The van der Waals surface area contributed by atoms with Crippen LogP contribution in [0.4, 0.5) is 5.69 Å². The van der Waals surface area contributed by atoms with Crippen LogP contribution in [0, 0.1) is 0 Å². The quantitative estimate of drug-likeness (QED) is 0.816. The molecule has 0 unspecified atom stereocenters. The van der Waals surface area contributed by atoms with E-state index in [9.17, 15) is 0 Å². The molecule has 0 radical (unpaired) electrons. The Hall–Kier alpha value is -1.32. The summed E-state index contributed by atoms with van der Waals surface area (Å²) in [6.07, 6.45) is 0. The first kappa shape index (κ1) is 13.1. The molecule has 94 valence electrons. The molecule has 2 aromatic carbocycles. The Morgan fingerprint density at radius 1 is 0.944 bits per heavy atom. The first-order chi connectivity index (χ1) is 8.66. The van der Waals surface area contributed by atoms with Gasteiger partial charge in [0.05, 0.1) is 5.69 Å². The number of halogens is 1. The standard InChI is InChI=1S/C15H17BrN2/c1-11(2)17-18-15-10-13(8-9-14(15)16)12-6-4-3-5-7-12/h3-11,17-18H,1-2H3. The van der Waals surface area contributed by atoms with E-state index in [0.29, 0.717) is 6.04 Å². The van der Waals surface area contributed by atoms with Crippen LogP contribution in [0.3, 0.4) is 0 Å². The van der Waals surface area contributed by atoms with Gasteiger partial charge in [-0.1, -0.05) is 36.4 Å². The summed E-state index contributed by atoms with van der Waals surface area (Å²) in [7, 11) is 0. The monoisotopic (exact) mass is 304 g/mol. The van der Waals surface area contributed by atoms with Gasteiger partial charge in [0, 0.05) is 10.5 Å². The van der Waals surface area contributed by atoms with Gasteiger partial charge in [0.15, 0.2) is 0 Å². The number of benzene rings is 2. The summed E-state index contributed by atoms with van der Waals surface area (Å²) in [5.74, 6) is 0. The maximum Gasteiger partial charge on any atom is 0.0635 e. The van der Waals surface area contributed by atoms with Crippen molar-refractivity contribution >= 4 is 21.6 Å². The largest absolute Gasteiger partial charge is 0.320 e. The van der Waals surface area contributed by atoms with Gasteiger partial charge < -0.3 is 5.43 Å². The number of hydrogen-bond donors (Lipinski definition) is 2. The lowest BCUT2D eigenvalue weighted by atomic mass is 10.1. The number of hydrazine groups is 1. The molecule has 2 rings (SSSR count). The minimum Gasteiger partial charge on any atom is -0.320 e. The number of nitrogens with one attached hydrogen (secondary N) is 2. The van der Waals surface area contributed by atoms with E-state index in [-0.39, 0.29) is 0 Å². The summed E-state index contributed by atoms with van der Waals surface area (Å²) in [5.41, 5.74) is 9.89. The van der Waals surface area contributed by atoms with Gasteiger partial charge in [0.2, 0.25) is 0 Å². The second-order valence-corrected chi connectivity index (χ2v) is 5.34. The first-order valence-corrected chi connectivity index (χ1v) is 6.82. The number of hydrogen-bond acceptors (Lipinski definition) is 2.